The number of carbonyl (C=O) groups excluding carboxylic acids is 2. The fourth-order valence-electron chi connectivity index (χ4n) is 7.85. The van der Waals surface area contributed by atoms with Gasteiger partial charge in [0, 0.05) is 58.8 Å². The lowest BCUT2D eigenvalue weighted by molar-refractivity contribution is -0.118. The van der Waals surface area contributed by atoms with Crippen LogP contribution in [0, 0.1) is 5.41 Å². The maximum atomic E-state index is 14.7. The molecule has 0 aromatic heterocycles. The van der Waals surface area contributed by atoms with Gasteiger partial charge in [0.1, 0.15) is 5.75 Å². The molecule has 11 heteroatoms. The lowest BCUT2D eigenvalue weighted by atomic mass is 9.63. The molecule has 2 aliphatic heterocycles. The van der Waals surface area contributed by atoms with E-state index in [1.54, 1.807) is 13.1 Å². The molecule has 4 atom stereocenters. The number of aromatic carboxylic acids is 1. The highest BCUT2D eigenvalue weighted by Crippen LogP contribution is 2.59. The summed E-state index contributed by atoms with van der Waals surface area (Å²) in [4.78, 5) is 40.9. The third-order valence-electron chi connectivity index (χ3n) is 10.0. The molecule has 51 heavy (non-hydrogen) atoms. The third-order valence-corrected chi connectivity index (χ3v) is 10.6. The van der Waals surface area contributed by atoms with Crippen molar-refractivity contribution in [2.75, 3.05) is 30.9 Å². The van der Waals surface area contributed by atoms with Crippen molar-refractivity contribution in [3.8, 4) is 5.75 Å². The number of benzene rings is 4. The second-order valence-corrected chi connectivity index (χ2v) is 15.3. The number of halogens is 2. The number of carboxylic acids is 1. The topological polar surface area (TPSA) is 120 Å². The quantitative estimate of drug-likeness (QED) is 0.141. The Balaban J connectivity index is 1.49. The van der Waals surface area contributed by atoms with E-state index in [9.17, 15) is 19.5 Å². The van der Waals surface area contributed by atoms with Crippen molar-refractivity contribution in [2.45, 2.75) is 57.2 Å². The van der Waals surface area contributed by atoms with Gasteiger partial charge in [0.15, 0.2) is 0 Å². The van der Waals surface area contributed by atoms with Crippen LogP contribution >= 0.6 is 23.2 Å². The molecule has 2 amide bonds. The standard InChI is InChI=1S/C40H42Cl2N4O5/c1-39(2,3)20-33-40(22-46(31-17-15-26(41)19-28(31)40)21-23-10-12-24(13-11-23)36(47)43-4)34(27-8-6-7-9-29(27)42)35(45-33)37(48)44-30-16-14-25(38(49)50)18-32(30)51-5/h6-19,33-35,45H,20-22H2,1-5H3,(H,43,47)(H,44,48)(H,49,50)/t33?,34-,35+,40-/m0/s1. The number of fused-ring (bicyclic) bond motifs is 2. The van der Waals surface area contributed by atoms with E-state index in [0.717, 1.165) is 28.8 Å². The molecule has 1 saturated heterocycles. The van der Waals surface area contributed by atoms with Crippen molar-refractivity contribution in [2.24, 2.45) is 5.41 Å². The molecule has 0 bridgehead atoms. The summed E-state index contributed by atoms with van der Waals surface area (Å²) < 4.78 is 5.50. The number of hydrogen-bond donors (Lipinski definition) is 4. The molecule has 1 spiro atoms. The minimum Gasteiger partial charge on any atom is -0.495 e. The van der Waals surface area contributed by atoms with Crippen molar-refractivity contribution >= 4 is 52.4 Å². The van der Waals surface area contributed by atoms with Crippen LogP contribution in [0.15, 0.2) is 84.9 Å². The van der Waals surface area contributed by atoms with Crippen LogP contribution in [0.25, 0.3) is 0 Å². The highest BCUT2D eigenvalue weighted by Gasteiger charge is 2.62. The van der Waals surface area contributed by atoms with E-state index in [1.165, 1.54) is 19.2 Å². The van der Waals surface area contributed by atoms with E-state index in [1.807, 2.05) is 66.7 Å². The van der Waals surface area contributed by atoms with Gasteiger partial charge in [-0.05, 0) is 83.1 Å². The predicted octanol–water partition coefficient (Wildman–Crippen LogP) is 7.52. The van der Waals surface area contributed by atoms with E-state index < -0.39 is 23.3 Å². The van der Waals surface area contributed by atoms with Gasteiger partial charge >= 0.3 is 5.97 Å². The summed E-state index contributed by atoms with van der Waals surface area (Å²) in [7, 11) is 3.05. The maximum Gasteiger partial charge on any atom is 0.335 e. The second-order valence-electron chi connectivity index (χ2n) is 14.5. The molecule has 1 fully saturated rings. The summed E-state index contributed by atoms with van der Waals surface area (Å²) in [5.41, 5.74) is 4.10. The summed E-state index contributed by atoms with van der Waals surface area (Å²) in [6.45, 7) is 7.69. The summed E-state index contributed by atoms with van der Waals surface area (Å²) in [6, 6.07) is 24.6. The average molecular weight is 730 g/mol. The zero-order chi connectivity index (χ0) is 36.7. The van der Waals surface area contributed by atoms with E-state index in [0.29, 0.717) is 34.4 Å². The van der Waals surface area contributed by atoms with E-state index in [-0.39, 0.29) is 34.6 Å². The maximum absolute atomic E-state index is 14.7. The summed E-state index contributed by atoms with van der Waals surface area (Å²) in [5.74, 6) is -1.75. The van der Waals surface area contributed by atoms with Crippen LogP contribution in [0.3, 0.4) is 0 Å². The van der Waals surface area contributed by atoms with Gasteiger partial charge < -0.3 is 30.7 Å². The van der Waals surface area contributed by atoms with Crippen molar-refractivity contribution in [1.29, 1.82) is 0 Å². The number of amides is 2. The smallest absolute Gasteiger partial charge is 0.335 e. The van der Waals surface area contributed by atoms with E-state index in [2.05, 4.69) is 41.6 Å². The Morgan fingerprint density at radius 3 is 2.33 bits per heavy atom. The molecule has 4 aromatic carbocycles. The molecular formula is C40H42Cl2N4O5. The van der Waals surface area contributed by atoms with E-state index >= 15 is 0 Å². The van der Waals surface area contributed by atoms with Crippen molar-refractivity contribution in [1.82, 2.24) is 10.6 Å². The molecule has 4 N–H and O–H groups in total. The zero-order valence-electron chi connectivity index (χ0n) is 29.2. The Morgan fingerprint density at radius 1 is 0.980 bits per heavy atom. The molecule has 2 heterocycles. The minimum absolute atomic E-state index is 0.0461. The van der Waals surface area contributed by atoms with Crippen LogP contribution in [-0.4, -0.2) is 55.7 Å². The largest absolute Gasteiger partial charge is 0.495 e. The van der Waals surface area contributed by atoms with Gasteiger partial charge in [-0.1, -0.05) is 74.3 Å². The normalized spacial score (nSPS) is 21.0. The monoisotopic (exact) mass is 728 g/mol. The summed E-state index contributed by atoms with van der Waals surface area (Å²) in [5, 5.41) is 20.2. The second kappa shape index (κ2) is 14.2. The highest BCUT2D eigenvalue weighted by atomic mass is 35.5. The number of methoxy groups -OCH3 is 1. The molecule has 0 saturated carbocycles. The van der Waals surface area contributed by atoms with Crippen LogP contribution in [-0.2, 0) is 16.8 Å². The van der Waals surface area contributed by atoms with Gasteiger partial charge in [0.2, 0.25) is 5.91 Å². The van der Waals surface area contributed by atoms with Gasteiger partial charge in [0.25, 0.3) is 5.91 Å². The number of ether oxygens (including phenoxy) is 1. The third kappa shape index (κ3) is 7.03. The number of hydrogen-bond acceptors (Lipinski definition) is 6. The Hall–Kier alpha value is -4.57. The molecule has 2 aliphatic rings. The van der Waals surface area contributed by atoms with Crippen molar-refractivity contribution in [3.63, 3.8) is 0 Å². The van der Waals surface area contributed by atoms with Gasteiger partial charge in [-0.3, -0.25) is 9.59 Å². The van der Waals surface area contributed by atoms with Gasteiger partial charge in [-0.2, -0.15) is 0 Å². The predicted molar refractivity (Wildman–Crippen MR) is 202 cm³/mol. The fourth-order valence-corrected chi connectivity index (χ4v) is 8.28. The van der Waals surface area contributed by atoms with Crippen LogP contribution in [0.1, 0.15) is 70.5 Å². The van der Waals surface area contributed by atoms with Crippen LogP contribution in [0.4, 0.5) is 11.4 Å². The van der Waals surface area contributed by atoms with Crippen LogP contribution < -0.4 is 25.6 Å². The number of nitrogens with zero attached hydrogens (tertiary/aromatic N) is 1. The number of anilines is 2. The first-order chi connectivity index (χ1) is 24.2. The molecule has 1 unspecified atom stereocenters. The molecule has 4 aromatic rings. The van der Waals surface area contributed by atoms with Crippen LogP contribution in [0.5, 0.6) is 5.75 Å². The molecule has 0 aliphatic carbocycles. The Morgan fingerprint density at radius 2 is 1.69 bits per heavy atom. The molecule has 6 rings (SSSR count). The molecule has 0 radical (unpaired) electrons. The molecular weight excluding hydrogens is 687 g/mol. The average Bonchev–Trinajstić information content (AvgIpc) is 3.57. The number of carboxylic acid groups (broad SMARTS) is 1. The summed E-state index contributed by atoms with van der Waals surface area (Å²) in [6.07, 6.45) is 0.731. The van der Waals surface area contributed by atoms with Gasteiger partial charge in [-0.25, -0.2) is 4.79 Å². The Labute approximate surface area is 308 Å². The Kier molecular flexibility index (Phi) is 10.1. The summed E-state index contributed by atoms with van der Waals surface area (Å²) >= 11 is 13.8. The first-order valence-corrected chi connectivity index (χ1v) is 17.6. The van der Waals surface area contributed by atoms with Crippen molar-refractivity contribution < 1.29 is 24.2 Å². The first-order valence-electron chi connectivity index (χ1n) is 16.8. The number of carbonyl (C=O) groups is 3. The zero-order valence-corrected chi connectivity index (χ0v) is 30.7. The molecule has 9 nitrogen and oxygen atoms in total. The van der Waals surface area contributed by atoms with Gasteiger partial charge in [-0.15, -0.1) is 0 Å². The van der Waals surface area contributed by atoms with E-state index in [4.69, 9.17) is 27.9 Å². The van der Waals surface area contributed by atoms with Gasteiger partial charge in [0.05, 0.1) is 24.4 Å². The number of rotatable bonds is 9. The van der Waals surface area contributed by atoms with Crippen molar-refractivity contribution in [3.05, 3.63) is 123 Å². The molecule has 266 valence electrons. The lowest BCUT2D eigenvalue weighted by Gasteiger charge is -2.40. The minimum atomic E-state index is -1.10. The van der Waals surface area contributed by atoms with Crippen LogP contribution in [0.2, 0.25) is 10.0 Å². The lowest BCUT2D eigenvalue weighted by Crippen LogP contribution is -2.48. The first kappa shape index (κ1) is 36.2. The fraction of sp³-hybridized carbons (Fsp3) is 0.325. The SMILES string of the molecule is CNC(=O)c1ccc(CN2C[C@]3(c4cc(Cl)ccc42)C(CC(C)(C)C)N[C@@H](C(=O)Nc2ccc(C(=O)O)cc2OC)[C@@H]3c2ccccc2Cl)cc1. The number of nitrogens with one attached hydrogen (secondary N) is 3. The highest BCUT2D eigenvalue weighted by molar-refractivity contribution is 6.31. The Bertz CT molecular complexity index is 1980.